The van der Waals surface area contributed by atoms with Crippen LogP contribution in [-0.2, 0) is 9.59 Å². The molecule has 3 N–H and O–H groups in total. The number of nitrogens with zero attached hydrogens (tertiary/aromatic N) is 3. The summed E-state index contributed by atoms with van der Waals surface area (Å²) in [5.74, 6) is -1.68. The van der Waals surface area contributed by atoms with Crippen molar-refractivity contribution in [3.63, 3.8) is 0 Å². The summed E-state index contributed by atoms with van der Waals surface area (Å²) in [5.41, 5.74) is 0. The second kappa shape index (κ2) is 15.6. The molecule has 0 amide bonds. The van der Waals surface area contributed by atoms with E-state index in [0.29, 0.717) is 13.0 Å². The number of rotatable bonds is 3. The first kappa shape index (κ1) is 26.6. The maximum Gasteiger partial charge on any atom is 1.00 e. The first-order valence-corrected chi connectivity index (χ1v) is 6.21. The number of carboxylic acid groups (broad SMARTS) is 2. The van der Waals surface area contributed by atoms with Crippen molar-refractivity contribution >= 4 is 11.9 Å². The van der Waals surface area contributed by atoms with Crippen LogP contribution < -0.4 is 34.9 Å². The molecule has 2 saturated heterocycles. The van der Waals surface area contributed by atoms with Crippen LogP contribution >= 0.6 is 0 Å². The summed E-state index contributed by atoms with van der Waals surface area (Å²) in [7, 11) is 0. The third kappa shape index (κ3) is 11.0. The van der Waals surface area contributed by atoms with Gasteiger partial charge in [-0.15, -0.1) is 10.2 Å². The van der Waals surface area contributed by atoms with Crippen molar-refractivity contribution < 1.29 is 49.4 Å². The van der Waals surface area contributed by atoms with Crippen LogP contribution in [0.1, 0.15) is 33.1 Å². The largest absolute Gasteiger partial charge is 1.00 e. The molecule has 2 aliphatic heterocycles. The normalized spacial score (nSPS) is 21.1. The molecule has 2 atom stereocenters. The molecule has 0 radical (unpaired) electrons. The van der Waals surface area contributed by atoms with Gasteiger partial charge in [0.1, 0.15) is 12.1 Å². The molecule has 0 saturated carbocycles. The summed E-state index contributed by atoms with van der Waals surface area (Å²) in [4.78, 5) is 38.4. The number of nitroso groups, excluding NO2 is 1. The minimum atomic E-state index is -0.961. The molecule has 0 aromatic heterocycles. The van der Waals surface area contributed by atoms with E-state index in [2.05, 4.69) is 10.6 Å². The molecule has 12 heteroatoms. The monoisotopic (exact) mass is 344 g/mol. The van der Waals surface area contributed by atoms with Crippen LogP contribution in [0.15, 0.2) is 10.6 Å². The predicted molar refractivity (Wildman–Crippen MR) is 77.7 cm³/mol. The molecular weight excluding hydrogens is 323 g/mol. The Labute approximate surface area is 155 Å². The van der Waals surface area contributed by atoms with E-state index in [0.717, 1.165) is 36.2 Å². The average molecular weight is 344 g/mol. The van der Waals surface area contributed by atoms with Crippen LogP contribution in [0.3, 0.4) is 0 Å². The maximum absolute atomic E-state index is 10.3. The molecule has 128 valence electrons. The third-order valence-corrected chi connectivity index (χ3v) is 2.97. The Morgan fingerprint density at radius 2 is 1.70 bits per heavy atom. The fourth-order valence-corrected chi connectivity index (χ4v) is 2.00. The molecule has 11 nitrogen and oxygen atoms in total. The molecule has 2 aliphatic rings. The van der Waals surface area contributed by atoms with Gasteiger partial charge in [-0.1, -0.05) is 7.43 Å². The minimum absolute atomic E-state index is 0. The quantitative estimate of drug-likeness (QED) is 0.295. The van der Waals surface area contributed by atoms with Crippen LogP contribution in [-0.4, -0.2) is 52.3 Å². The Kier molecular flexibility index (Phi) is 18.0. The number of nitrogens with one attached hydrogen (secondary N) is 1. The molecule has 23 heavy (non-hydrogen) atoms. The van der Waals surface area contributed by atoms with Gasteiger partial charge in [-0.3, -0.25) is 4.79 Å². The third-order valence-electron chi connectivity index (χ3n) is 2.97. The number of carboxylic acids is 2. The van der Waals surface area contributed by atoms with E-state index in [-0.39, 0.29) is 43.0 Å². The first-order chi connectivity index (χ1) is 9.97. The topological polar surface area (TPSA) is 172 Å². The summed E-state index contributed by atoms with van der Waals surface area (Å²) >= 11 is 0. The molecule has 2 rings (SSSR count). The van der Waals surface area contributed by atoms with Gasteiger partial charge in [0.05, 0.1) is 5.29 Å². The van der Waals surface area contributed by atoms with Crippen molar-refractivity contribution in [1.29, 1.82) is 0 Å². The van der Waals surface area contributed by atoms with E-state index in [9.17, 15) is 14.5 Å². The van der Waals surface area contributed by atoms with E-state index in [1.54, 1.807) is 0 Å². The Balaban J connectivity index is -0.000000281. The zero-order valence-corrected chi connectivity index (χ0v) is 14.2. The second-order valence-corrected chi connectivity index (χ2v) is 4.30. The molecular formula is C11H21N4NaO7. The molecule has 0 spiro atoms. The van der Waals surface area contributed by atoms with Crippen LogP contribution in [0.2, 0.25) is 0 Å². The van der Waals surface area contributed by atoms with Crippen LogP contribution in [0.4, 0.5) is 0 Å². The SMILES string of the molecule is C.O=C(O)C1CCCN1.O=NN1CCCC1C(=O)O.O=N[O-].[Na+]. The zero-order chi connectivity index (χ0) is 16.3. The van der Waals surface area contributed by atoms with Gasteiger partial charge >= 0.3 is 41.5 Å². The Morgan fingerprint density at radius 3 is 1.96 bits per heavy atom. The smallest absolute Gasteiger partial charge is 0.480 e. The molecule has 0 aliphatic carbocycles. The van der Waals surface area contributed by atoms with Crippen molar-refractivity contribution in [2.75, 3.05) is 13.1 Å². The number of carbonyl (C=O) groups is 2. The van der Waals surface area contributed by atoms with Crippen LogP contribution in [0.5, 0.6) is 0 Å². The Bertz CT molecular complexity index is 366. The number of hydrogen-bond acceptors (Lipinski definition) is 8. The predicted octanol–water partition coefficient (Wildman–Crippen LogP) is -2.07. The van der Waals surface area contributed by atoms with E-state index in [4.69, 9.17) is 20.3 Å². The van der Waals surface area contributed by atoms with E-state index >= 15 is 0 Å². The standard InChI is InChI=1S/C5H8N2O3.C5H9NO2.CH4.HNO2.Na/c8-5(9)4-2-1-3-7(4)6-10;7-5(8)4-2-1-3-6-4;;2-1-3;/h4H,1-3H2,(H,8,9);4,6H,1-3H2,(H,7,8);1H4;(H,2,3);/q;;;;+1/p-1. The number of hydrogen-bond donors (Lipinski definition) is 3. The van der Waals surface area contributed by atoms with Gasteiger partial charge in [0.15, 0.2) is 0 Å². The van der Waals surface area contributed by atoms with Crippen molar-refractivity contribution in [2.45, 2.75) is 45.2 Å². The van der Waals surface area contributed by atoms with Crippen molar-refractivity contribution in [1.82, 2.24) is 10.3 Å². The van der Waals surface area contributed by atoms with Crippen molar-refractivity contribution in [2.24, 2.45) is 10.6 Å². The molecule has 2 heterocycles. The fraction of sp³-hybridized carbons (Fsp3) is 0.818. The maximum atomic E-state index is 10.3. The van der Waals surface area contributed by atoms with Crippen molar-refractivity contribution in [3.8, 4) is 0 Å². The number of aliphatic carboxylic acids is 2. The molecule has 0 aromatic rings. The summed E-state index contributed by atoms with van der Waals surface area (Å²) in [5, 5.41) is 32.3. The molecule has 2 unspecified atom stereocenters. The van der Waals surface area contributed by atoms with E-state index in [1.165, 1.54) is 0 Å². The minimum Gasteiger partial charge on any atom is -0.480 e. The average Bonchev–Trinajstić information content (AvgIpc) is 3.11. The second-order valence-electron chi connectivity index (χ2n) is 4.30. The molecule has 2 fully saturated rings. The summed E-state index contributed by atoms with van der Waals surface area (Å²) in [6, 6.07) is -0.951. The van der Waals surface area contributed by atoms with Crippen molar-refractivity contribution in [3.05, 3.63) is 15.0 Å². The van der Waals surface area contributed by atoms with Gasteiger partial charge in [-0.05, 0) is 32.2 Å². The van der Waals surface area contributed by atoms with E-state index in [1.807, 2.05) is 0 Å². The zero-order valence-electron chi connectivity index (χ0n) is 12.2. The van der Waals surface area contributed by atoms with Gasteiger partial charge in [0.2, 0.25) is 0 Å². The van der Waals surface area contributed by atoms with Gasteiger partial charge in [0, 0.05) is 6.54 Å². The van der Waals surface area contributed by atoms with Crippen LogP contribution in [0.25, 0.3) is 0 Å². The first-order valence-electron chi connectivity index (χ1n) is 6.21. The van der Waals surface area contributed by atoms with Gasteiger partial charge in [-0.25, -0.2) is 9.80 Å². The van der Waals surface area contributed by atoms with Gasteiger partial charge < -0.3 is 25.6 Å². The molecule has 0 bridgehead atoms. The van der Waals surface area contributed by atoms with Crippen LogP contribution in [0, 0.1) is 15.0 Å². The summed E-state index contributed by atoms with van der Waals surface area (Å²) in [6.07, 6.45) is 3.05. The summed E-state index contributed by atoms with van der Waals surface area (Å²) in [6.45, 7) is 1.33. The van der Waals surface area contributed by atoms with Gasteiger partial charge in [0.25, 0.3) is 0 Å². The molecule has 0 aromatic carbocycles. The fourth-order valence-electron chi connectivity index (χ4n) is 2.00. The summed E-state index contributed by atoms with van der Waals surface area (Å²) < 4.78 is 0. The van der Waals surface area contributed by atoms with E-state index < -0.39 is 18.0 Å². The van der Waals surface area contributed by atoms with Gasteiger partial charge in [-0.2, -0.15) is 0 Å². The Morgan fingerprint density at radius 1 is 1.13 bits per heavy atom. The Hall–Kier alpha value is -1.30.